The molecule has 2 fully saturated rings. The van der Waals surface area contributed by atoms with Crippen LogP contribution in [0.2, 0.25) is 0 Å². The van der Waals surface area contributed by atoms with Crippen molar-refractivity contribution in [1.82, 2.24) is 14.7 Å². The van der Waals surface area contributed by atoms with Gasteiger partial charge in [-0.05, 0) is 26.2 Å². The smallest absolute Gasteiger partial charge is 0.236 e. The van der Waals surface area contributed by atoms with Gasteiger partial charge in [0.25, 0.3) is 0 Å². The lowest BCUT2D eigenvalue weighted by Crippen LogP contribution is -2.52. The number of piperidine rings is 1. The highest BCUT2D eigenvalue weighted by Crippen LogP contribution is 2.10. The van der Waals surface area contributed by atoms with Crippen molar-refractivity contribution in [3.8, 4) is 0 Å². The molecule has 0 aliphatic carbocycles. The SMILES string of the molecule is CC(N)CC(=O)N1CCN(CC(=O)N2CCCCC2)CC1.Cl.Cl. The Balaban J connectivity index is 0.00000242. The van der Waals surface area contributed by atoms with Crippen LogP contribution in [0, 0.1) is 0 Å². The summed E-state index contributed by atoms with van der Waals surface area (Å²) in [6.45, 7) is 7.14. The van der Waals surface area contributed by atoms with Crippen LogP contribution in [0.4, 0.5) is 0 Å². The molecule has 2 aliphatic rings. The Labute approximate surface area is 151 Å². The van der Waals surface area contributed by atoms with Gasteiger partial charge >= 0.3 is 0 Å². The van der Waals surface area contributed by atoms with Crippen molar-refractivity contribution in [2.75, 3.05) is 45.8 Å². The number of carbonyl (C=O) groups excluding carboxylic acids is 2. The lowest BCUT2D eigenvalue weighted by Gasteiger charge is -2.36. The molecule has 0 spiro atoms. The second kappa shape index (κ2) is 11.1. The Hall–Kier alpha value is -0.560. The molecular formula is C15H30Cl2N4O2. The van der Waals surface area contributed by atoms with E-state index in [2.05, 4.69) is 4.90 Å². The lowest BCUT2D eigenvalue weighted by atomic mass is 10.1. The van der Waals surface area contributed by atoms with Crippen molar-refractivity contribution in [1.29, 1.82) is 0 Å². The van der Waals surface area contributed by atoms with E-state index in [4.69, 9.17) is 5.73 Å². The van der Waals surface area contributed by atoms with Crippen LogP contribution in [0.3, 0.4) is 0 Å². The average Bonchev–Trinajstić information content (AvgIpc) is 2.48. The zero-order chi connectivity index (χ0) is 15.2. The van der Waals surface area contributed by atoms with Crippen LogP contribution in [0.25, 0.3) is 0 Å². The molecule has 0 saturated carbocycles. The number of nitrogens with two attached hydrogens (primary N) is 1. The number of amides is 2. The number of carbonyl (C=O) groups is 2. The van der Waals surface area contributed by atoms with Gasteiger partial charge in [-0.1, -0.05) is 0 Å². The highest BCUT2D eigenvalue weighted by atomic mass is 35.5. The van der Waals surface area contributed by atoms with E-state index in [1.165, 1.54) is 6.42 Å². The second-order valence-corrected chi connectivity index (χ2v) is 6.28. The standard InChI is InChI=1S/C15H28N4O2.2ClH/c1-13(16)11-14(20)19-9-7-17(8-10-19)12-15(21)18-5-3-2-4-6-18;;/h13H,2-12,16H2,1H3;2*1H. The van der Waals surface area contributed by atoms with Crippen LogP contribution < -0.4 is 5.73 Å². The largest absolute Gasteiger partial charge is 0.342 e. The summed E-state index contributed by atoms with van der Waals surface area (Å²) in [4.78, 5) is 30.2. The number of hydrogen-bond donors (Lipinski definition) is 1. The average molecular weight is 369 g/mol. The molecule has 1 atom stereocenters. The summed E-state index contributed by atoms with van der Waals surface area (Å²) in [6, 6.07) is -0.0868. The topological polar surface area (TPSA) is 69.9 Å². The van der Waals surface area contributed by atoms with Crippen molar-refractivity contribution >= 4 is 36.6 Å². The van der Waals surface area contributed by atoms with E-state index in [0.717, 1.165) is 39.0 Å². The summed E-state index contributed by atoms with van der Waals surface area (Å²) in [5.41, 5.74) is 5.67. The number of halogens is 2. The van der Waals surface area contributed by atoms with Crippen LogP contribution in [0.15, 0.2) is 0 Å². The Morgan fingerprint density at radius 3 is 1.91 bits per heavy atom. The summed E-state index contributed by atoms with van der Waals surface area (Å²) in [6.07, 6.45) is 3.91. The summed E-state index contributed by atoms with van der Waals surface area (Å²) in [5, 5.41) is 0. The molecule has 0 aromatic carbocycles. The minimum absolute atomic E-state index is 0. The van der Waals surface area contributed by atoms with Crippen molar-refractivity contribution in [2.24, 2.45) is 5.73 Å². The van der Waals surface area contributed by atoms with E-state index in [9.17, 15) is 9.59 Å². The van der Waals surface area contributed by atoms with E-state index < -0.39 is 0 Å². The first-order valence-corrected chi connectivity index (χ1v) is 8.10. The molecule has 2 aliphatic heterocycles. The highest BCUT2D eigenvalue weighted by Gasteiger charge is 2.24. The predicted molar refractivity (Wildman–Crippen MR) is 96.2 cm³/mol. The van der Waals surface area contributed by atoms with E-state index in [0.29, 0.717) is 26.1 Å². The van der Waals surface area contributed by atoms with E-state index in [-0.39, 0.29) is 42.7 Å². The number of rotatable bonds is 4. The van der Waals surface area contributed by atoms with Gasteiger partial charge in [0.1, 0.15) is 0 Å². The third-order valence-corrected chi connectivity index (χ3v) is 4.29. The van der Waals surface area contributed by atoms with Crippen LogP contribution in [-0.4, -0.2) is 78.4 Å². The minimum Gasteiger partial charge on any atom is -0.342 e. The maximum absolute atomic E-state index is 12.2. The monoisotopic (exact) mass is 368 g/mol. The Kier molecular flexibility index (Phi) is 10.8. The molecule has 23 heavy (non-hydrogen) atoms. The van der Waals surface area contributed by atoms with E-state index in [1.807, 2.05) is 16.7 Å². The molecule has 2 N–H and O–H groups in total. The molecule has 1 unspecified atom stereocenters. The quantitative estimate of drug-likeness (QED) is 0.793. The van der Waals surface area contributed by atoms with Crippen molar-refractivity contribution in [3.05, 3.63) is 0 Å². The van der Waals surface area contributed by atoms with Gasteiger partial charge in [-0.2, -0.15) is 0 Å². The maximum atomic E-state index is 12.2. The number of nitrogens with zero attached hydrogens (tertiary/aromatic N) is 3. The van der Waals surface area contributed by atoms with Gasteiger partial charge < -0.3 is 15.5 Å². The van der Waals surface area contributed by atoms with Crippen LogP contribution in [0.1, 0.15) is 32.6 Å². The molecule has 2 amide bonds. The van der Waals surface area contributed by atoms with Gasteiger partial charge in [0, 0.05) is 51.7 Å². The number of piperazine rings is 1. The van der Waals surface area contributed by atoms with Crippen LogP contribution in [-0.2, 0) is 9.59 Å². The number of hydrogen-bond acceptors (Lipinski definition) is 4. The fourth-order valence-electron chi connectivity index (χ4n) is 2.99. The highest BCUT2D eigenvalue weighted by molar-refractivity contribution is 5.85. The predicted octanol–water partition coefficient (Wildman–Crippen LogP) is 0.724. The lowest BCUT2D eigenvalue weighted by molar-refractivity contribution is -0.135. The normalized spacial score (nSPS) is 20.3. The van der Waals surface area contributed by atoms with Gasteiger partial charge in [-0.25, -0.2) is 0 Å². The minimum atomic E-state index is -0.0868. The first-order valence-electron chi connectivity index (χ1n) is 8.10. The van der Waals surface area contributed by atoms with Gasteiger partial charge in [0.15, 0.2) is 0 Å². The van der Waals surface area contributed by atoms with Crippen molar-refractivity contribution in [3.63, 3.8) is 0 Å². The molecule has 0 aromatic rings. The second-order valence-electron chi connectivity index (χ2n) is 6.28. The molecule has 2 rings (SSSR count). The molecule has 0 aromatic heterocycles. The van der Waals surface area contributed by atoms with Crippen LogP contribution >= 0.6 is 24.8 Å². The third kappa shape index (κ3) is 7.25. The van der Waals surface area contributed by atoms with Gasteiger partial charge in [-0.3, -0.25) is 14.5 Å². The number of likely N-dealkylation sites (tertiary alicyclic amines) is 1. The van der Waals surface area contributed by atoms with Crippen molar-refractivity contribution in [2.45, 2.75) is 38.6 Å². The first kappa shape index (κ1) is 22.4. The summed E-state index contributed by atoms with van der Waals surface area (Å²) in [5.74, 6) is 0.372. The summed E-state index contributed by atoms with van der Waals surface area (Å²) in [7, 11) is 0. The zero-order valence-corrected chi connectivity index (χ0v) is 15.5. The van der Waals surface area contributed by atoms with Gasteiger partial charge in [-0.15, -0.1) is 24.8 Å². The molecule has 2 heterocycles. The zero-order valence-electron chi connectivity index (χ0n) is 13.9. The van der Waals surface area contributed by atoms with Crippen molar-refractivity contribution < 1.29 is 9.59 Å². The molecule has 6 nitrogen and oxygen atoms in total. The Bertz CT molecular complexity index is 368. The van der Waals surface area contributed by atoms with Gasteiger partial charge in [0.05, 0.1) is 6.54 Å². The van der Waals surface area contributed by atoms with E-state index in [1.54, 1.807) is 0 Å². The fourth-order valence-corrected chi connectivity index (χ4v) is 2.99. The summed E-state index contributed by atoms with van der Waals surface area (Å²) < 4.78 is 0. The molecular weight excluding hydrogens is 339 g/mol. The molecule has 8 heteroatoms. The first-order chi connectivity index (χ1) is 10.1. The Morgan fingerprint density at radius 1 is 0.870 bits per heavy atom. The fraction of sp³-hybridized carbons (Fsp3) is 0.867. The van der Waals surface area contributed by atoms with E-state index >= 15 is 0 Å². The van der Waals surface area contributed by atoms with Crippen LogP contribution in [0.5, 0.6) is 0 Å². The molecule has 0 bridgehead atoms. The molecule has 0 radical (unpaired) electrons. The molecule has 2 saturated heterocycles. The Morgan fingerprint density at radius 2 is 1.39 bits per heavy atom. The van der Waals surface area contributed by atoms with Gasteiger partial charge in [0.2, 0.25) is 11.8 Å². The summed E-state index contributed by atoms with van der Waals surface area (Å²) >= 11 is 0. The molecule has 136 valence electrons. The maximum Gasteiger partial charge on any atom is 0.236 e. The third-order valence-electron chi connectivity index (χ3n) is 4.29.